The molecule has 0 saturated heterocycles. The Morgan fingerprint density at radius 3 is 1.57 bits per heavy atom. The van der Waals surface area contributed by atoms with Gasteiger partial charge in [0.25, 0.3) is 0 Å². The van der Waals surface area contributed by atoms with Gasteiger partial charge < -0.3 is 8.41 Å². The van der Waals surface area contributed by atoms with Crippen LogP contribution < -0.4 is 4.98 Å². The number of hydrogen-bond donors (Lipinski definition) is 0. The fourth-order valence-electron chi connectivity index (χ4n) is 0.342. The smallest absolute Gasteiger partial charge is 0.166 e. The maximum absolute atomic E-state index is 2.89. The molecule has 0 bridgehead atoms. The molecule has 0 spiro atoms. The summed E-state index contributed by atoms with van der Waals surface area (Å²) in [5.41, 5.74) is 0. The van der Waals surface area contributed by atoms with Crippen LogP contribution in [-0.2, 0) is 0 Å². The van der Waals surface area contributed by atoms with Gasteiger partial charge in [-0.15, -0.1) is 0 Å². The monoisotopic (exact) mass is 91.1 g/mol. The number of nitrogens with one attached hydrogen (secondary N) is 1. The number of H-pyrrole nitrogens is 1. The Kier molecular flexibility index (Phi) is 3.02. The minimum atomic E-state index is 0. The third-order valence-electron chi connectivity index (χ3n) is 0.607. The van der Waals surface area contributed by atoms with Crippen LogP contribution in [0, 0.1) is 0 Å². The Bertz CT molecular complexity index is 80.0. The molecule has 34 valence electrons. The normalized spacial score (nSPS) is 6.86. The molecule has 0 unspecified atom stereocenters. The fourth-order valence-corrected chi connectivity index (χ4v) is 0.342. The van der Waals surface area contributed by atoms with Gasteiger partial charge in [-0.2, -0.15) is 0 Å². The number of rotatable bonds is 0. The molecule has 0 aliphatic rings. The number of aromatic amines is 1. The molecule has 1 N–H and O–H groups in total. The molecule has 1 nitrogen and oxygen atoms in total. The highest BCUT2D eigenvalue weighted by atomic mass is 14.6. The van der Waals surface area contributed by atoms with Crippen molar-refractivity contribution >= 4 is 8.41 Å². The molecule has 0 aliphatic heterocycles. The van der Waals surface area contributed by atoms with Crippen molar-refractivity contribution in [3.05, 3.63) is 30.6 Å². The predicted octanol–water partition coefficient (Wildman–Crippen LogP) is 0.120. The van der Waals surface area contributed by atoms with Crippen molar-refractivity contribution in [3.8, 4) is 0 Å². The van der Waals surface area contributed by atoms with Crippen molar-refractivity contribution in [2.75, 3.05) is 0 Å². The molecular formula is C5H6BN. The van der Waals surface area contributed by atoms with E-state index in [9.17, 15) is 0 Å². The van der Waals surface area contributed by atoms with Gasteiger partial charge in [0.2, 0.25) is 0 Å². The van der Waals surface area contributed by atoms with E-state index in [0.717, 1.165) is 0 Å². The zero-order valence-electron chi connectivity index (χ0n) is 3.96. The Hall–Kier alpha value is -0.785. The summed E-state index contributed by atoms with van der Waals surface area (Å²) in [5, 5.41) is 0. The quantitative estimate of drug-likeness (QED) is 0.402. The molecule has 1 aromatic rings. The lowest BCUT2D eigenvalue weighted by atomic mass is 10.5. The Labute approximate surface area is 45.0 Å². The van der Waals surface area contributed by atoms with Crippen molar-refractivity contribution < 1.29 is 4.98 Å². The van der Waals surface area contributed by atoms with Gasteiger partial charge in [0.15, 0.2) is 12.4 Å². The molecule has 1 heterocycles. The van der Waals surface area contributed by atoms with Gasteiger partial charge in [-0.1, -0.05) is 6.07 Å². The highest BCUT2D eigenvalue weighted by Crippen LogP contribution is 1.68. The van der Waals surface area contributed by atoms with Crippen molar-refractivity contribution in [1.82, 2.24) is 0 Å². The van der Waals surface area contributed by atoms with Crippen LogP contribution in [-0.4, -0.2) is 8.41 Å². The number of hydrogen-bond acceptors (Lipinski definition) is 0. The summed E-state index contributed by atoms with van der Waals surface area (Å²) < 4.78 is 0. The molecule has 4 radical (unpaired) electrons. The fraction of sp³-hybridized carbons (Fsp3) is 0. The summed E-state index contributed by atoms with van der Waals surface area (Å²) in [4.78, 5) is 2.89. The van der Waals surface area contributed by atoms with Gasteiger partial charge in [-0.3, -0.25) is 0 Å². The minimum absolute atomic E-state index is 0. The van der Waals surface area contributed by atoms with Gasteiger partial charge in [-0.05, 0) is 0 Å². The van der Waals surface area contributed by atoms with Crippen molar-refractivity contribution in [2.24, 2.45) is 0 Å². The van der Waals surface area contributed by atoms with Gasteiger partial charge in [0, 0.05) is 12.1 Å². The third-order valence-corrected chi connectivity index (χ3v) is 0.607. The Morgan fingerprint density at radius 1 is 0.857 bits per heavy atom. The van der Waals surface area contributed by atoms with Crippen LogP contribution in [0.15, 0.2) is 30.6 Å². The van der Waals surface area contributed by atoms with Crippen molar-refractivity contribution in [2.45, 2.75) is 0 Å². The summed E-state index contributed by atoms with van der Waals surface area (Å²) in [6.45, 7) is 0. The minimum Gasteiger partial charge on any atom is -1.00 e. The molecule has 2 heteroatoms. The first-order valence-electron chi connectivity index (χ1n) is 1.91. The maximum atomic E-state index is 2.89. The largest absolute Gasteiger partial charge is 1.00 e. The predicted molar refractivity (Wildman–Crippen MR) is 28.8 cm³/mol. The van der Waals surface area contributed by atoms with Crippen LogP contribution in [0.4, 0.5) is 0 Å². The summed E-state index contributed by atoms with van der Waals surface area (Å²) in [6.07, 6.45) is 3.75. The van der Waals surface area contributed by atoms with Crippen molar-refractivity contribution in [3.63, 3.8) is 0 Å². The topological polar surface area (TPSA) is 14.1 Å². The average molecular weight is 90.9 g/mol. The summed E-state index contributed by atoms with van der Waals surface area (Å²) in [6, 6.07) is 5.86. The molecule has 1 rings (SSSR count). The van der Waals surface area contributed by atoms with E-state index >= 15 is 0 Å². The standard InChI is InChI=1S/C5H5N.B/c1-2-4-6-5-3-1;/h1-5H;/q;-1/p+1. The van der Waals surface area contributed by atoms with Crippen molar-refractivity contribution in [1.29, 1.82) is 0 Å². The first-order valence-corrected chi connectivity index (χ1v) is 1.91. The van der Waals surface area contributed by atoms with Crippen LogP contribution in [0.1, 0.15) is 0 Å². The van der Waals surface area contributed by atoms with E-state index in [-0.39, 0.29) is 8.41 Å². The lowest BCUT2D eigenvalue weighted by Crippen LogP contribution is -1.93. The highest BCUT2D eigenvalue weighted by Gasteiger charge is 1.65. The third kappa shape index (κ3) is 1.98. The van der Waals surface area contributed by atoms with E-state index in [2.05, 4.69) is 4.98 Å². The molecule has 1 aromatic heterocycles. The molecule has 0 aliphatic carbocycles. The average Bonchev–Trinajstić information content (AvgIpc) is 1.72. The molecular weight excluding hydrogens is 84.9 g/mol. The SMILES string of the molecule is [B-].c1cc[nH+]cc1. The van der Waals surface area contributed by atoms with E-state index in [1.807, 2.05) is 30.6 Å². The molecule has 0 fully saturated rings. The van der Waals surface area contributed by atoms with E-state index in [1.165, 1.54) is 0 Å². The van der Waals surface area contributed by atoms with Gasteiger partial charge in [0.05, 0.1) is 0 Å². The van der Waals surface area contributed by atoms with E-state index in [1.54, 1.807) is 0 Å². The second kappa shape index (κ2) is 3.41. The molecule has 7 heavy (non-hydrogen) atoms. The number of aromatic nitrogens is 1. The molecule has 0 saturated carbocycles. The van der Waals surface area contributed by atoms with Gasteiger partial charge in [0.1, 0.15) is 0 Å². The number of pyridine rings is 1. The molecule has 0 amide bonds. The van der Waals surface area contributed by atoms with Gasteiger partial charge in [-0.25, -0.2) is 4.98 Å². The lowest BCUT2D eigenvalue weighted by molar-refractivity contribution is -0.377. The highest BCUT2D eigenvalue weighted by molar-refractivity contribution is 5.75. The maximum Gasteiger partial charge on any atom is 0.166 e. The van der Waals surface area contributed by atoms with E-state index in [0.29, 0.717) is 0 Å². The summed E-state index contributed by atoms with van der Waals surface area (Å²) >= 11 is 0. The first-order chi connectivity index (χ1) is 3.00. The van der Waals surface area contributed by atoms with Crippen LogP contribution in [0.3, 0.4) is 0 Å². The molecule has 0 atom stereocenters. The van der Waals surface area contributed by atoms with Crippen LogP contribution in [0.5, 0.6) is 0 Å². The zero-order valence-corrected chi connectivity index (χ0v) is 3.96. The van der Waals surface area contributed by atoms with Gasteiger partial charge >= 0.3 is 0 Å². The van der Waals surface area contributed by atoms with E-state index in [4.69, 9.17) is 0 Å². The summed E-state index contributed by atoms with van der Waals surface area (Å²) in [7, 11) is 0. The van der Waals surface area contributed by atoms with Crippen LogP contribution in [0.25, 0.3) is 0 Å². The molecule has 0 aromatic carbocycles. The van der Waals surface area contributed by atoms with Crippen LogP contribution in [0.2, 0.25) is 0 Å². The van der Waals surface area contributed by atoms with Crippen LogP contribution >= 0.6 is 0 Å². The first kappa shape index (κ1) is 6.21. The van der Waals surface area contributed by atoms with E-state index < -0.39 is 0 Å². The second-order valence-corrected chi connectivity index (χ2v) is 1.08. The lowest BCUT2D eigenvalue weighted by Gasteiger charge is -1.63. The zero-order chi connectivity index (χ0) is 4.24. The Balaban J connectivity index is 0.000000360. The second-order valence-electron chi connectivity index (χ2n) is 1.08. The Morgan fingerprint density at radius 2 is 1.43 bits per heavy atom. The summed E-state index contributed by atoms with van der Waals surface area (Å²) in [5.74, 6) is 0.